The first-order valence-electron chi connectivity index (χ1n) is 8.90. The number of rotatable bonds is 7. The summed E-state index contributed by atoms with van der Waals surface area (Å²) in [5.41, 5.74) is 0. The van der Waals surface area contributed by atoms with Gasteiger partial charge in [-0.05, 0) is 50.8 Å². The number of aromatic nitrogens is 1. The van der Waals surface area contributed by atoms with E-state index in [1.807, 2.05) is 25.1 Å². The summed E-state index contributed by atoms with van der Waals surface area (Å²) >= 11 is 0. The zero-order valence-electron chi connectivity index (χ0n) is 14.8. The first-order valence-corrected chi connectivity index (χ1v) is 10.4. The molecule has 0 radical (unpaired) electrons. The molecule has 140 valence electrons. The predicted octanol–water partition coefficient (Wildman–Crippen LogP) is 3.15. The lowest BCUT2D eigenvalue weighted by molar-refractivity contribution is 0.138. The summed E-state index contributed by atoms with van der Waals surface area (Å²) in [6, 6.07) is 12.2. The number of ether oxygens (including phenoxy) is 2. The molecule has 1 aliphatic rings. The number of hydrogen-bond donors (Lipinski definition) is 1. The van der Waals surface area contributed by atoms with E-state index in [1.165, 1.54) is 0 Å². The largest absolute Gasteiger partial charge is 0.492 e. The fraction of sp³-hybridized carbons (Fsp3) is 0.421. The van der Waals surface area contributed by atoms with Crippen LogP contribution in [0.5, 0.6) is 11.6 Å². The molecule has 1 saturated carbocycles. The van der Waals surface area contributed by atoms with Gasteiger partial charge >= 0.3 is 0 Å². The number of sulfonamides is 1. The number of pyridine rings is 1. The van der Waals surface area contributed by atoms with Gasteiger partial charge in [0.1, 0.15) is 16.7 Å². The highest BCUT2D eigenvalue weighted by molar-refractivity contribution is 7.89. The lowest BCUT2D eigenvalue weighted by atomic mass is 9.94. The molecule has 0 aliphatic heterocycles. The number of para-hydroxylation sites is 1. The van der Waals surface area contributed by atoms with Gasteiger partial charge in [-0.25, -0.2) is 18.1 Å². The highest BCUT2D eigenvalue weighted by atomic mass is 32.2. The lowest BCUT2D eigenvalue weighted by Gasteiger charge is -2.29. The van der Waals surface area contributed by atoms with Crippen molar-refractivity contribution in [2.24, 2.45) is 0 Å². The first kappa shape index (κ1) is 18.7. The van der Waals surface area contributed by atoms with Crippen molar-refractivity contribution < 1.29 is 17.9 Å². The fourth-order valence-electron chi connectivity index (χ4n) is 3.12. The minimum Gasteiger partial charge on any atom is -0.492 e. The lowest BCUT2D eigenvalue weighted by Crippen LogP contribution is -2.39. The van der Waals surface area contributed by atoms with Crippen LogP contribution in [0.25, 0.3) is 0 Å². The first-order chi connectivity index (χ1) is 12.6. The molecule has 2 aromatic rings. The van der Waals surface area contributed by atoms with Crippen LogP contribution in [-0.4, -0.2) is 32.2 Å². The van der Waals surface area contributed by atoms with Crippen molar-refractivity contribution in [3.63, 3.8) is 0 Å². The fourth-order valence-corrected chi connectivity index (χ4v) is 4.57. The summed E-state index contributed by atoms with van der Waals surface area (Å²) in [6.07, 6.45) is 4.81. The van der Waals surface area contributed by atoms with Crippen molar-refractivity contribution in [3.05, 3.63) is 48.7 Å². The van der Waals surface area contributed by atoms with Crippen LogP contribution in [0.1, 0.15) is 32.6 Å². The van der Waals surface area contributed by atoms with Crippen molar-refractivity contribution in [2.45, 2.75) is 49.6 Å². The van der Waals surface area contributed by atoms with Gasteiger partial charge in [0, 0.05) is 18.3 Å². The molecule has 0 unspecified atom stereocenters. The van der Waals surface area contributed by atoms with Gasteiger partial charge in [0.2, 0.25) is 15.9 Å². The summed E-state index contributed by atoms with van der Waals surface area (Å²) in [7, 11) is -3.62. The molecule has 1 fully saturated rings. The van der Waals surface area contributed by atoms with Gasteiger partial charge in [-0.15, -0.1) is 0 Å². The van der Waals surface area contributed by atoms with Crippen LogP contribution in [-0.2, 0) is 10.0 Å². The van der Waals surface area contributed by atoms with Crippen LogP contribution in [0.4, 0.5) is 0 Å². The molecular formula is C19H24N2O4S. The van der Waals surface area contributed by atoms with Crippen LogP contribution >= 0.6 is 0 Å². The Bertz CT molecular complexity index is 803. The van der Waals surface area contributed by atoms with Crippen molar-refractivity contribution in [2.75, 3.05) is 6.61 Å². The quantitative estimate of drug-likeness (QED) is 0.803. The topological polar surface area (TPSA) is 77.5 Å². The molecule has 0 bridgehead atoms. The summed E-state index contributed by atoms with van der Waals surface area (Å²) in [5.74, 6) is 0.997. The van der Waals surface area contributed by atoms with Gasteiger partial charge in [-0.3, -0.25) is 0 Å². The van der Waals surface area contributed by atoms with E-state index in [1.54, 1.807) is 30.5 Å². The van der Waals surface area contributed by atoms with Gasteiger partial charge in [0.25, 0.3) is 0 Å². The molecule has 0 spiro atoms. The maximum absolute atomic E-state index is 12.7. The maximum Gasteiger partial charge on any atom is 0.244 e. The highest BCUT2D eigenvalue weighted by Gasteiger charge is 2.28. The van der Waals surface area contributed by atoms with Crippen LogP contribution < -0.4 is 14.2 Å². The Hall–Kier alpha value is -2.12. The average Bonchev–Trinajstić information content (AvgIpc) is 2.65. The summed E-state index contributed by atoms with van der Waals surface area (Å²) in [4.78, 5) is 4.36. The molecule has 6 nitrogen and oxygen atoms in total. The second-order valence-electron chi connectivity index (χ2n) is 6.26. The average molecular weight is 376 g/mol. The van der Waals surface area contributed by atoms with Crippen LogP contribution in [0.3, 0.4) is 0 Å². The van der Waals surface area contributed by atoms with E-state index in [0.29, 0.717) is 18.2 Å². The number of hydrogen-bond acceptors (Lipinski definition) is 5. The molecule has 1 aromatic heterocycles. The third kappa shape index (κ3) is 4.74. The number of nitrogens with one attached hydrogen (secondary N) is 1. The molecule has 7 heteroatoms. The molecule has 26 heavy (non-hydrogen) atoms. The zero-order chi connectivity index (χ0) is 18.4. The molecule has 0 atom stereocenters. The summed E-state index contributed by atoms with van der Waals surface area (Å²) in [6.45, 7) is 2.25. The summed E-state index contributed by atoms with van der Waals surface area (Å²) in [5, 5.41) is 0. The van der Waals surface area contributed by atoms with Gasteiger partial charge in [0.05, 0.1) is 6.61 Å². The molecule has 1 aliphatic carbocycles. The Kier molecular flexibility index (Phi) is 6.11. The molecule has 0 amide bonds. The van der Waals surface area contributed by atoms with Crippen molar-refractivity contribution in [3.8, 4) is 11.6 Å². The van der Waals surface area contributed by atoms with Crippen molar-refractivity contribution >= 4 is 10.0 Å². The van der Waals surface area contributed by atoms with Gasteiger partial charge < -0.3 is 9.47 Å². The SMILES string of the molecule is CCOc1ccccc1S(=O)(=O)NC1CCC(Oc2ccccn2)CC1. The van der Waals surface area contributed by atoms with Gasteiger partial charge in [-0.2, -0.15) is 0 Å². The van der Waals surface area contributed by atoms with Crippen molar-refractivity contribution in [1.29, 1.82) is 0 Å². The Morgan fingerprint density at radius 3 is 2.50 bits per heavy atom. The summed E-state index contributed by atoms with van der Waals surface area (Å²) < 4.78 is 39.6. The normalized spacial score (nSPS) is 20.5. The van der Waals surface area contributed by atoms with Crippen molar-refractivity contribution in [1.82, 2.24) is 9.71 Å². The second kappa shape index (κ2) is 8.51. The monoisotopic (exact) mass is 376 g/mol. The van der Waals surface area contributed by atoms with E-state index in [0.717, 1.165) is 25.7 Å². The second-order valence-corrected chi connectivity index (χ2v) is 7.94. The number of benzene rings is 1. The van der Waals surface area contributed by atoms with Gasteiger partial charge in [0.15, 0.2) is 0 Å². The zero-order valence-corrected chi connectivity index (χ0v) is 15.6. The van der Waals surface area contributed by atoms with E-state index >= 15 is 0 Å². The Balaban J connectivity index is 1.58. The Morgan fingerprint density at radius 1 is 1.08 bits per heavy atom. The van der Waals surface area contributed by atoms with E-state index in [-0.39, 0.29) is 17.0 Å². The Labute approximate surface area is 154 Å². The van der Waals surface area contributed by atoms with E-state index in [4.69, 9.17) is 9.47 Å². The van der Waals surface area contributed by atoms with Crippen LogP contribution in [0.15, 0.2) is 53.6 Å². The molecule has 1 N–H and O–H groups in total. The van der Waals surface area contributed by atoms with E-state index in [2.05, 4.69) is 9.71 Å². The third-order valence-electron chi connectivity index (χ3n) is 4.36. The molecular weight excluding hydrogens is 352 g/mol. The minimum atomic E-state index is -3.62. The minimum absolute atomic E-state index is 0.0707. The van der Waals surface area contributed by atoms with Crippen LogP contribution in [0.2, 0.25) is 0 Å². The molecule has 1 heterocycles. The van der Waals surface area contributed by atoms with Gasteiger partial charge in [-0.1, -0.05) is 18.2 Å². The predicted molar refractivity (Wildman–Crippen MR) is 98.8 cm³/mol. The third-order valence-corrected chi connectivity index (χ3v) is 5.92. The molecule has 0 saturated heterocycles. The standard InChI is InChI=1S/C19H24N2O4S/c1-2-24-17-7-3-4-8-18(17)26(22,23)21-15-10-12-16(13-11-15)25-19-9-5-6-14-20-19/h3-9,14-16,21H,2,10-13H2,1H3. The van der Waals surface area contributed by atoms with E-state index in [9.17, 15) is 8.42 Å². The maximum atomic E-state index is 12.7. The highest BCUT2D eigenvalue weighted by Crippen LogP contribution is 2.27. The molecule has 1 aromatic carbocycles. The smallest absolute Gasteiger partial charge is 0.244 e. The number of nitrogens with zero attached hydrogens (tertiary/aromatic N) is 1. The Morgan fingerprint density at radius 2 is 1.81 bits per heavy atom. The van der Waals surface area contributed by atoms with E-state index < -0.39 is 10.0 Å². The van der Waals surface area contributed by atoms with Crippen LogP contribution in [0, 0.1) is 0 Å². The molecule has 3 rings (SSSR count).